The fourth-order valence-corrected chi connectivity index (χ4v) is 2.05. The number of carbonyl (C=O) groups is 1. The zero-order chi connectivity index (χ0) is 14.0. The highest BCUT2D eigenvalue weighted by atomic mass is 16.4. The lowest BCUT2D eigenvalue weighted by Crippen LogP contribution is -2.20. The van der Waals surface area contributed by atoms with Crippen LogP contribution in [-0.2, 0) is 6.54 Å². The van der Waals surface area contributed by atoms with Crippen LogP contribution in [0.3, 0.4) is 0 Å². The van der Waals surface area contributed by atoms with Crippen LogP contribution in [0.25, 0.3) is 10.9 Å². The molecular formula is C15H17NO3. The molecule has 4 nitrogen and oxygen atoms in total. The molecule has 0 bridgehead atoms. The molecule has 4 heteroatoms. The van der Waals surface area contributed by atoms with E-state index in [4.69, 9.17) is 5.11 Å². The van der Waals surface area contributed by atoms with Gasteiger partial charge in [-0.2, -0.15) is 0 Å². The van der Waals surface area contributed by atoms with Crippen LogP contribution >= 0.6 is 0 Å². The highest BCUT2D eigenvalue weighted by Gasteiger charge is 2.07. The van der Waals surface area contributed by atoms with Gasteiger partial charge in [-0.3, -0.25) is 4.79 Å². The van der Waals surface area contributed by atoms with Crippen LogP contribution in [-0.4, -0.2) is 15.6 Å². The maximum absolute atomic E-state index is 11.9. The molecule has 2 rings (SSSR count). The van der Waals surface area contributed by atoms with E-state index in [0.717, 1.165) is 17.3 Å². The summed E-state index contributed by atoms with van der Waals surface area (Å²) in [5, 5.41) is 9.76. The molecule has 0 amide bonds. The second-order valence-electron chi connectivity index (χ2n) is 5.08. The van der Waals surface area contributed by atoms with Crippen LogP contribution in [0.1, 0.15) is 30.6 Å². The number of aromatic nitrogens is 1. The summed E-state index contributed by atoms with van der Waals surface area (Å²) >= 11 is 0. The molecule has 0 atom stereocenters. The third kappa shape index (κ3) is 2.84. The number of hydrogen-bond acceptors (Lipinski definition) is 2. The fourth-order valence-electron chi connectivity index (χ4n) is 2.05. The van der Waals surface area contributed by atoms with Gasteiger partial charge in [0.1, 0.15) is 0 Å². The van der Waals surface area contributed by atoms with Gasteiger partial charge in [-0.1, -0.05) is 13.8 Å². The van der Waals surface area contributed by atoms with Gasteiger partial charge in [-0.05, 0) is 42.0 Å². The van der Waals surface area contributed by atoms with Crippen molar-refractivity contribution in [2.75, 3.05) is 0 Å². The van der Waals surface area contributed by atoms with E-state index in [0.29, 0.717) is 12.5 Å². The average molecular weight is 259 g/mol. The number of carboxylic acid groups (broad SMARTS) is 1. The molecular weight excluding hydrogens is 242 g/mol. The highest BCUT2D eigenvalue weighted by molar-refractivity contribution is 5.93. The Balaban J connectivity index is 2.53. The van der Waals surface area contributed by atoms with Crippen LogP contribution in [0.4, 0.5) is 0 Å². The number of benzene rings is 1. The predicted molar refractivity (Wildman–Crippen MR) is 74.6 cm³/mol. The summed E-state index contributed by atoms with van der Waals surface area (Å²) in [6.45, 7) is 4.87. The molecule has 0 aliphatic heterocycles. The lowest BCUT2D eigenvalue weighted by molar-refractivity contribution is 0.0697. The molecule has 0 spiro atoms. The summed E-state index contributed by atoms with van der Waals surface area (Å²) in [7, 11) is 0. The minimum atomic E-state index is -0.957. The van der Waals surface area contributed by atoms with Crippen molar-refractivity contribution in [1.29, 1.82) is 0 Å². The summed E-state index contributed by atoms with van der Waals surface area (Å²) in [5.74, 6) is -0.442. The zero-order valence-electron chi connectivity index (χ0n) is 11.1. The normalized spacial score (nSPS) is 11.1. The molecule has 1 N–H and O–H groups in total. The molecule has 2 aromatic rings. The Labute approximate surface area is 111 Å². The van der Waals surface area contributed by atoms with E-state index in [1.54, 1.807) is 22.8 Å². The zero-order valence-corrected chi connectivity index (χ0v) is 11.1. The Bertz CT molecular complexity index is 671. The lowest BCUT2D eigenvalue weighted by Gasteiger charge is -2.11. The number of aromatic carboxylic acids is 1. The first-order chi connectivity index (χ1) is 8.99. The third-order valence-electron chi connectivity index (χ3n) is 3.17. The first-order valence-electron chi connectivity index (χ1n) is 6.36. The van der Waals surface area contributed by atoms with Gasteiger partial charge in [-0.25, -0.2) is 4.79 Å². The van der Waals surface area contributed by atoms with Crippen LogP contribution in [0.5, 0.6) is 0 Å². The van der Waals surface area contributed by atoms with Crippen molar-refractivity contribution in [3.8, 4) is 0 Å². The average Bonchev–Trinajstić information content (AvgIpc) is 2.36. The largest absolute Gasteiger partial charge is 0.478 e. The summed E-state index contributed by atoms with van der Waals surface area (Å²) in [6.07, 6.45) is 0.916. The van der Waals surface area contributed by atoms with Crippen molar-refractivity contribution in [2.45, 2.75) is 26.8 Å². The summed E-state index contributed by atoms with van der Waals surface area (Å²) < 4.78 is 1.71. The maximum atomic E-state index is 11.9. The number of nitrogens with zero attached hydrogens (tertiary/aromatic N) is 1. The molecule has 0 aliphatic rings. The van der Waals surface area contributed by atoms with Crippen molar-refractivity contribution < 1.29 is 9.90 Å². The van der Waals surface area contributed by atoms with Gasteiger partial charge in [0, 0.05) is 12.6 Å². The first kappa shape index (κ1) is 13.3. The smallest absolute Gasteiger partial charge is 0.335 e. The Morgan fingerprint density at radius 3 is 2.63 bits per heavy atom. The third-order valence-corrected chi connectivity index (χ3v) is 3.17. The van der Waals surface area contributed by atoms with E-state index in [1.165, 1.54) is 12.1 Å². The summed E-state index contributed by atoms with van der Waals surface area (Å²) in [4.78, 5) is 22.9. The number of rotatable bonds is 4. The van der Waals surface area contributed by atoms with Crippen LogP contribution < -0.4 is 5.56 Å². The van der Waals surface area contributed by atoms with Crippen molar-refractivity contribution in [3.05, 3.63) is 46.2 Å². The fraction of sp³-hybridized carbons (Fsp3) is 0.333. The molecule has 0 aliphatic carbocycles. The Kier molecular flexibility index (Phi) is 3.69. The topological polar surface area (TPSA) is 59.3 Å². The number of hydrogen-bond donors (Lipinski definition) is 1. The van der Waals surface area contributed by atoms with Crippen molar-refractivity contribution >= 4 is 16.9 Å². The highest BCUT2D eigenvalue weighted by Crippen LogP contribution is 2.15. The number of carboxylic acids is 1. The number of pyridine rings is 1. The van der Waals surface area contributed by atoms with E-state index < -0.39 is 5.97 Å². The molecule has 0 radical (unpaired) electrons. The second-order valence-corrected chi connectivity index (χ2v) is 5.08. The van der Waals surface area contributed by atoms with Gasteiger partial charge in [0.05, 0.1) is 11.1 Å². The van der Waals surface area contributed by atoms with Crippen LogP contribution in [0.15, 0.2) is 35.1 Å². The van der Waals surface area contributed by atoms with Crippen LogP contribution in [0.2, 0.25) is 0 Å². The Morgan fingerprint density at radius 2 is 2.00 bits per heavy atom. The van der Waals surface area contributed by atoms with Gasteiger partial charge >= 0.3 is 5.97 Å². The maximum Gasteiger partial charge on any atom is 0.335 e. The number of fused-ring (bicyclic) bond motifs is 1. The van der Waals surface area contributed by atoms with E-state index in [9.17, 15) is 9.59 Å². The Morgan fingerprint density at radius 1 is 1.26 bits per heavy atom. The lowest BCUT2D eigenvalue weighted by atomic mass is 10.1. The molecule has 0 unspecified atom stereocenters. The van der Waals surface area contributed by atoms with Gasteiger partial charge in [-0.15, -0.1) is 0 Å². The summed E-state index contributed by atoms with van der Waals surface area (Å²) in [5.41, 5.74) is 0.982. The molecule has 0 fully saturated rings. The first-order valence-corrected chi connectivity index (χ1v) is 6.36. The molecule has 19 heavy (non-hydrogen) atoms. The molecule has 1 heterocycles. The SMILES string of the molecule is CC(C)CCn1c(=O)ccc2cc(C(=O)O)ccc21. The summed E-state index contributed by atoms with van der Waals surface area (Å²) in [6, 6.07) is 8.02. The molecule has 100 valence electrons. The Hall–Kier alpha value is -2.10. The van der Waals surface area contributed by atoms with Gasteiger partial charge in [0.15, 0.2) is 0 Å². The minimum absolute atomic E-state index is 0.0452. The minimum Gasteiger partial charge on any atom is -0.478 e. The van der Waals surface area contributed by atoms with Crippen molar-refractivity contribution in [1.82, 2.24) is 4.57 Å². The van der Waals surface area contributed by atoms with Gasteiger partial charge < -0.3 is 9.67 Å². The van der Waals surface area contributed by atoms with Crippen molar-refractivity contribution in [3.63, 3.8) is 0 Å². The second kappa shape index (κ2) is 5.26. The van der Waals surface area contributed by atoms with E-state index in [2.05, 4.69) is 13.8 Å². The van der Waals surface area contributed by atoms with Gasteiger partial charge in [0.2, 0.25) is 0 Å². The van der Waals surface area contributed by atoms with E-state index >= 15 is 0 Å². The number of aryl methyl sites for hydroxylation is 1. The van der Waals surface area contributed by atoms with E-state index in [1.807, 2.05) is 0 Å². The quantitative estimate of drug-likeness (QED) is 0.918. The van der Waals surface area contributed by atoms with Crippen molar-refractivity contribution in [2.24, 2.45) is 5.92 Å². The predicted octanol–water partition coefficient (Wildman–Crippen LogP) is 2.75. The van der Waals surface area contributed by atoms with E-state index in [-0.39, 0.29) is 11.1 Å². The molecule has 0 saturated carbocycles. The molecule has 1 aromatic carbocycles. The standard InChI is InChI=1S/C15H17NO3/c1-10(2)7-8-16-13-5-3-12(15(18)19)9-11(13)4-6-14(16)17/h3-6,9-10H,7-8H2,1-2H3,(H,18,19). The van der Waals surface area contributed by atoms with Gasteiger partial charge in [0.25, 0.3) is 5.56 Å². The molecule has 1 aromatic heterocycles. The van der Waals surface area contributed by atoms with Crippen LogP contribution in [0, 0.1) is 5.92 Å². The molecule has 0 saturated heterocycles. The monoisotopic (exact) mass is 259 g/mol.